The molecule has 0 radical (unpaired) electrons. The molecule has 0 saturated carbocycles. The Morgan fingerprint density at radius 1 is 1.47 bits per heavy atom. The number of methoxy groups -OCH3 is 1. The molecule has 6 heteroatoms. The molecule has 0 aromatic heterocycles. The Morgan fingerprint density at radius 3 is 2.47 bits per heavy atom. The van der Waals surface area contributed by atoms with Gasteiger partial charge in [0, 0.05) is 12.0 Å². The van der Waals surface area contributed by atoms with Crippen molar-refractivity contribution in [2.75, 3.05) is 7.11 Å². The minimum absolute atomic E-state index is 0.0659. The molecule has 0 fully saturated rings. The molecule has 1 unspecified atom stereocenters. The number of nitro benzene ring substituents is 1. The van der Waals surface area contributed by atoms with E-state index < -0.39 is 22.3 Å². The summed E-state index contributed by atoms with van der Waals surface area (Å²) in [6.07, 6.45) is -0.711. The van der Waals surface area contributed by atoms with Crippen LogP contribution in [0.5, 0.6) is 5.75 Å². The van der Waals surface area contributed by atoms with Crippen molar-refractivity contribution in [1.82, 2.24) is 0 Å². The minimum Gasteiger partial charge on any atom is -0.494 e. The van der Waals surface area contributed by atoms with Crippen molar-refractivity contribution in [1.29, 1.82) is 0 Å². The van der Waals surface area contributed by atoms with Gasteiger partial charge >= 0.3 is 0 Å². The topological polar surface area (TPSA) is 72.6 Å². The van der Waals surface area contributed by atoms with Crippen LogP contribution in [0.4, 0.5) is 10.1 Å². The number of rotatable bonds is 4. The Labute approximate surface area is 111 Å². The van der Waals surface area contributed by atoms with E-state index in [2.05, 4.69) is 0 Å². The minimum atomic E-state index is -0.789. The number of aliphatic hydroxyl groups excluding tert-OH is 1. The standard InChI is InChI=1S/C13H18FNO4/c1-13(2,3)12(16)6-8-5-11(19-4)9(14)7-10(8)15(17)18/h5,7,12,16H,6H2,1-4H3. The highest BCUT2D eigenvalue weighted by atomic mass is 19.1. The molecule has 0 saturated heterocycles. The molecule has 1 aromatic rings. The van der Waals surface area contributed by atoms with Crippen LogP contribution in [-0.4, -0.2) is 23.2 Å². The smallest absolute Gasteiger partial charge is 0.275 e. The molecule has 1 rings (SSSR count). The summed E-state index contributed by atoms with van der Waals surface area (Å²) in [5.74, 6) is -0.857. The molecule has 0 aliphatic heterocycles. The van der Waals surface area contributed by atoms with Crippen LogP contribution in [0.1, 0.15) is 26.3 Å². The summed E-state index contributed by atoms with van der Waals surface area (Å²) in [6.45, 7) is 5.47. The number of nitrogens with zero attached hydrogens (tertiary/aromatic N) is 1. The number of hydrogen-bond acceptors (Lipinski definition) is 4. The fourth-order valence-corrected chi connectivity index (χ4v) is 1.59. The normalized spacial score (nSPS) is 13.2. The van der Waals surface area contributed by atoms with Gasteiger partial charge in [-0.05, 0) is 11.5 Å². The van der Waals surface area contributed by atoms with E-state index in [-0.39, 0.29) is 23.4 Å². The van der Waals surface area contributed by atoms with Gasteiger partial charge in [-0.1, -0.05) is 20.8 Å². The third-order valence-corrected chi connectivity index (χ3v) is 2.96. The zero-order valence-electron chi connectivity index (χ0n) is 11.4. The van der Waals surface area contributed by atoms with Gasteiger partial charge in [-0.15, -0.1) is 0 Å². The average molecular weight is 271 g/mol. The van der Waals surface area contributed by atoms with Crippen molar-refractivity contribution in [3.05, 3.63) is 33.6 Å². The summed E-state index contributed by atoms with van der Waals surface area (Å²) in [6, 6.07) is 2.09. The maximum atomic E-state index is 13.5. The third kappa shape index (κ3) is 3.64. The van der Waals surface area contributed by atoms with Gasteiger partial charge in [-0.25, -0.2) is 4.39 Å². The van der Waals surface area contributed by atoms with Crippen LogP contribution in [0, 0.1) is 21.3 Å². The predicted molar refractivity (Wildman–Crippen MR) is 68.8 cm³/mol. The van der Waals surface area contributed by atoms with Gasteiger partial charge in [0.1, 0.15) is 0 Å². The summed E-state index contributed by atoms with van der Waals surface area (Å²) in [7, 11) is 1.29. The van der Waals surface area contributed by atoms with E-state index in [1.807, 2.05) is 20.8 Å². The van der Waals surface area contributed by atoms with Gasteiger partial charge in [0.25, 0.3) is 5.69 Å². The van der Waals surface area contributed by atoms with Gasteiger partial charge in [-0.2, -0.15) is 0 Å². The fraction of sp³-hybridized carbons (Fsp3) is 0.538. The molecule has 1 N–H and O–H groups in total. The molecular weight excluding hydrogens is 253 g/mol. The van der Waals surface area contributed by atoms with E-state index in [1.54, 1.807) is 0 Å². The van der Waals surface area contributed by atoms with Crippen molar-refractivity contribution in [3.8, 4) is 5.75 Å². The van der Waals surface area contributed by atoms with Crippen LogP contribution < -0.4 is 4.74 Å². The molecular formula is C13H18FNO4. The van der Waals surface area contributed by atoms with Crippen LogP contribution >= 0.6 is 0 Å². The molecule has 0 aliphatic rings. The molecule has 1 aromatic carbocycles. The van der Waals surface area contributed by atoms with Gasteiger partial charge in [-0.3, -0.25) is 10.1 Å². The number of ether oxygens (including phenoxy) is 1. The van der Waals surface area contributed by atoms with Crippen molar-refractivity contribution < 1.29 is 19.2 Å². The molecule has 0 bridgehead atoms. The third-order valence-electron chi connectivity index (χ3n) is 2.96. The first-order chi connectivity index (χ1) is 8.66. The Morgan fingerprint density at radius 2 is 2.05 bits per heavy atom. The van der Waals surface area contributed by atoms with Gasteiger partial charge in [0.15, 0.2) is 11.6 Å². The van der Waals surface area contributed by atoms with Crippen LogP contribution in [0.3, 0.4) is 0 Å². The molecule has 0 amide bonds. The summed E-state index contributed by atoms with van der Waals surface area (Å²) in [5.41, 5.74) is -0.512. The molecule has 5 nitrogen and oxygen atoms in total. The van der Waals surface area contributed by atoms with Gasteiger partial charge < -0.3 is 9.84 Å². The summed E-state index contributed by atoms with van der Waals surface area (Å²) < 4.78 is 18.3. The van der Waals surface area contributed by atoms with Crippen molar-refractivity contribution >= 4 is 5.69 Å². The number of aliphatic hydroxyl groups is 1. The van der Waals surface area contributed by atoms with Crippen LogP contribution in [0.2, 0.25) is 0 Å². The summed E-state index contributed by atoms with van der Waals surface area (Å²) in [5, 5.41) is 20.9. The highest BCUT2D eigenvalue weighted by Gasteiger charge is 2.27. The summed E-state index contributed by atoms with van der Waals surface area (Å²) >= 11 is 0. The molecule has 0 heterocycles. The number of halogens is 1. The predicted octanol–water partition coefficient (Wildman–Crippen LogP) is 2.69. The van der Waals surface area contributed by atoms with E-state index in [1.165, 1.54) is 13.2 Å². The fourth-order valence-electron chi connectivity index (χ4n) is 1.59. The van der Waals surface area contributed by atoms with Gasteiger partial charge in [0.05, 0.1) is 24.2 Å². The van der Waals surface area contributed by atoms with Crippen LogP contribution in [-0.2, 0) is 6.42 Å². The maximum absolute atomic E-state index is 13.5. The second-order valence-electron chi connectivity index (χ2n) is 5.46. The molecule has 106 valence electrons. The first kappa shape index (κ1) is 15.4. The lowest BCUT2D eigenvalue weighted by Gasteiger charge is -2.25. The van der Waals surface area contributed by atoms with Crippen molar-refractivity contribution in [2.24, 2.45) is 5.41 Å². The van der Waals surface area contributed by atoms with Crippen molar-refractivity contribution in [3.63, 3.8) is 0 Å². The van der Waals surface area contributed by atoms with E-state index in [9.17, 15) is 19.6 Å². The van der Waals surface area contributed by atoms with E-state index >= 15 is 0 Å². The molecule has 1 atom stereocenters. The zero-order valence-corrected chi connectivity index (χ0v) is 11.4. The largest absolute Gasteiger partial charge is 0.494 e. The van der Waals surface area contributed by atoms with E-state index in [0.29, 0.717) is 0 Å². The highest BCUT2D eigenvalue weighted by molar-refractivity contribution is 5.46. The quantitative estimate of drug-likeness (QED) is 0.675. The zero-order chi connectivity index (χ0) is 14.8. The number of hydrogen-bond donors (Lipinski definition) is 1. The van der Waals surface area contributed by atoms with E-state index in [4.69, 9.17) is 4.74 Å². The Hall–Kier alpha value is -1.69. The SMILES string of the molecule is COc1cc(CC(O)C(C)(C)C)c([N+](=O)[O-])cc1F. The van der Waals surface area contributed by atoms with Crippen molar-refractivity contribution in [2.45, 2.75) is 33.3 Å². The van der Waals surface area contributed by atoms with Gasteiger partial charge in [0.2, 0.25) is 0 Å². The maximum Gasteiger partial charge on any atom is 0.275 e. The lowest BCUT2D eigenvalue weighted by atomic mass is 9.85. The first-order valence-electron chi connectivity index (χ1n) is 5.85. The Bertz CT molecular complexity index is 482. The lowest BCUT2D eigenvalue weighted by molar-refractivity contribution is -0.385. The lowest BCUT2D eigenvalue weighted by Crippen LogP contribution is -2.28. The number of benzene rings is 1. The van der Waals surface area contributed by atoms with Crippen LogP contribution in [0.15, 0.2) is 12.1 Å². The molecule has 0 spiro atoms. The Kier molecular flexibility index (Phi) is 4.47. The van der Waals surface area contributed by atoms with Crippen LogP contribution in [0.25, 0.3) is 0 Å². The monoisotopic (exact) mass is 271 g/mol. The summed E-state index contributed by atoms with van der Waals surface area (Å²) in [4.78, 5) is 10.3. The highest BCUT2D eigenvalue weighted by Crippen LogP contribution is 2.31. The molecule has 0 aliphatic carbocycles. The molecule has 19 heavy (non-hydrogen) atoms. The Balaban J connectivity index is 3.21. The van der Waals surface area contributed by atoms with E-state index in [0.717, 1.165) is 6.07 Å². The number of nitro groups is 1. The first-order valence-corrected chi connectivity index (χ1v) is 5.85. The average Bonchev–Trinajstić information content (AvgIpc) is 2.29. The second kappa shape index (κ2) is 5.52. The second-order valence-corrected chi connectivity index (χ2v) is 5.46.